The molecule has 2 aromatic rings. The number of aryl methyl sites for hydroxylation is 1. The lowest BCUT2D eigenvalue weighted by Crippen LogP contribution is -1.70. The first-order valence-corrected chi connectivity index (χ1v) is 5.67. The summed E-state index contributed by atoms with van der Waals surface area (Å²) in [4.78, 5) is 0. The lowest BCUT2D eigenvalue weighted by molar-refractivity contribution is 0.572. The second kappa shape index (κ2) is 3.46. The third-order valence-electron chi connectivity index (χ3n) is 2.08. The second-order valence-electron chi connectivity index (χ2n) is 3.14. The Morgan fingerprint density at radius 1 is 1.38 bits per heavy atom. The molecule has 1 nitrogen and oxygen atoms in total. The van der Waals surface area contributed by atoms with Gasteiger partial charge in [0.1, 0.15) is 11.3 Å². The standard InChI is InChI=1S/C11H12OS/c1-8-4-3-5-9-6-10(7-13-2)12-11(8)9/h3-6H,7H2,1-2H3. The van der Waals surface area contributed by atoms with E-state index in [1.807, 2.05) is 0 Å². The van der Waals surface area contributed by atoms with Crippen LogP contribution in [0.15, 0.2) is 28.7 Å². The molecule has 0 aliphatic rings. The molecule has 0 aliphatic heterocycles. The van der Waals surface area contributed by atoms with Crippen LogP contribution < -0.4 is 0 Å². The number of furan rings is 1. The van der Waals surface area contributed by atoms with Crippen LogP contribution in [0.25, 0.3) is 11.0 Å². The van der Waals surface area contributed by atoms with Crippen molar-refractivity contribution in [2.45, 2.75) is 12.7 Å². The Morgan fingerprint density at radius 3 is 2.92 bits per heavy atom. The summed E-state index contributed by atoms with van der Waals surface area (Å²) in [6.07, 6.45) is 2.08. The highest BCUT2D eigenvalue weighted by atomic mass is 32.2. The van der Waals surface area contributed by atoms with Crippen LogP contribution in [-0.4, -0.2) is 6.26 Å². The normalized spacial score (nSPS) is 10.9. The molecule has 0 aliphatic carbocycles. The predicted molar refractivity (Wildman–Crippen MR) is 58.2 cm³/mol. The Labute approximate surface area is 82.1 Å². The van der Waals surface area contributed by atoms with Gasteiger partial charge in [0, 0.05) is 5.39 Å². The van der Waals surface area contributed by atoms with Crippen LogP contribution >= 0.6 is 11.8 Å². The third kappa shape index (κ3) is 1.59. The van der Waals surface area contributed by atoms with E-state index in [1.54, 1.807) is 11.8 Å². The zero-order valence-corrected chi connectivity index (χ0v) is 8.65. The summed E-state index contributed by atoms with van der Waals surface area (Å²) in [6.45, 7) is 2.08. The minimum Gasteiger partial charge on any atom is -0.460 e. The van der Waals surface area contributed by atoms with Crippen LogP contribution in [0.1, 0.15) is 11.3 Å². The number of rotatable bonds is 2. The van der Waals surface area contributed by atoms with E-state index in [4.69, 9.17) is 4.42 Å². The smallest absolute Gasteiger partial charge is 0.137 e. The Hall–Kier alpha value is -0.890. The zero-order chi connectivity index (χ0) is 9.26. The van der Waals surface area contributed by atoms with Gasteiger partial charge >= 0.3 is 0 Å². The lowest BCUT2D eigenvalue weighted by atomic mass is 10.2. The summed E-state index contributed by atoms with van der Waals surface area (Å²) in [5.41, 5.74) is 2.25. The van der Waals surface area contributed by atoms with E-state index in [1.165, 1.54) is 10.9 Å². The molecule has 0 bridgehead atoms. The molecule has 0 spiro atoms. The van der Waals surface area contributed by atoms with Gasteiger partial charge in [0.25, 0.3) is 0 Å². The topological polar surface area (TPSA) is 13.1 Å². The molecule has 2 rings (SSSR count). The maximum absolute atomic E-state index is 5.72. The van der Waals surface area contributed by atoms with Crippen LogP contribution in [0.2, 0.25) is 0 Å². The van der Waals surface area contributed by atoms with Gasteiger partial charge in [0.2, 0.25) is 0 Å². The summed E-state index contributed by atoms with van der Waals surface area (Å²) >= 11 is 1.78. The van der Waals surface area contributed by atoms with Gasteiger partial charge in [-0.1, -0.05) is 18.2 Å². The van der Waals surface area contributed by atoms with Crippen molar-refractivity contribution in [3.05, 3.63) is 35.6 Å². The van der Waals surface area contributed by atoms with E-state index in [2.05, 4.69) is 37.4 Å². The summed E-state index contributed by atoms with van der Waals surface area (Å²) in [5, 5.41) is 1.21. The molecule has 1 aromatic carbocycles. The fraction of sp³-hybridized carbons (Fsp3) is 0.273. The Bertz CT molecular complexity index is 417. The van der Waals surface area contributed by atoms with Gasteiger partial charge in [-0.2, -0.15) is 11.8 Å². The molecule has 0 unspecified atom stereocenters. The molecule has 0 N–H and O–H groups in total. The molecular weight excluding hydrogens is 180 g/mol. The quantitative estimate of drug-likeness (QED) is 0.721. The second-order valence-corrected chi connectivity index (χ2v) is 4.01. The van der Waals surface area contributed by atoms with E-state index in [-0.39, 0.29) is 0 Å². The van der Waals surface area contributed by atoms with Crippen LogP contribution in [0.3, 0.4) is 0 Å². The molecule has 0 saturated carbocycles. The largest absolute Gasteiger partial charge is 0.460 e. The number of hydrogen-bond donors (Lipinski definition) is 0. The maximum Gasteiger partial charge on any atom is 0.137 e. The van der Waals surface area contributed by atoms with Crippen molar-refractivity contribution in [2.24, 2.45) is 0 Å². The van der Waals surface area contributed by atoms with Crippen molar-refractivity contribution in [1.82, 2.24) is 0 Å². The van der Waals surface area contributed by atoms with E-state index >= 15 is 0 Å². The first kappa shape index (κ1) is 8.70. The predicted octanol–water partition coefficient (Wildman–Crippen LogP) is 3.60. The highest BCUT2D eigenvalue weighted by Gasteiger charge is 2.04. The van der Waals surface area contributed by atoms with Crippen LogP contribution in [0, 0.1) is 6.92 Å². The first-order chi connectivity index (χ1) is 6.31. The minimum absolute atomic E-state index is 0.952. The Balaban J connectivity index is 2.55. The number of thioether (sulfide) groups is 1. The van der Waals surface area contributed by atoms with E-state index in [0.29, 0.717) is 0 Å². The van der Waals surface area contributed by atoms with E-state index in [9.17, 15) is 0 Å². The third-order valence-corrected chi connectivity index (χ3v) is 2.65. The molecule has 68 valence electrons. The molecule has 1 aromatic heterocycles. The molecule has 0 fully saturated rings. The SMILES string of the molecule is CSCc1cc2cccc(C)c2o1. The van der Waals surface area contributed by atoms with Gasteiger partial charge in [-0.15, -0.1) is 0 Å². The summed E-state index contributed by atoms with van der Waals surface area (Å²) in [6, 6.07) is 8.36. The highest BCUT2D eigenvalue weighted by Crippen LogP contribution is 2.24. The van der Waals surface area contributed by atoms with Gasteiger partial charge in [-0.3, -0.25) is 0 Å². The van der Waals surface area contributed by atoms with Gasteiger partial charge in [-0.25, -0.2) is 0 Å². The average Bonchev–Trinajstić information content (AvgIpc) is 2.49. The number of fused-ring (bicyclic) bond motifs is 1. The average molecular weight is 192 g/mol. The fourth-order valence-corrected chi connectivity index (χ4v) is 1.90. The van der Waals surface area contributed by atoms with Crippen LogP contribution in [-0.2, 0) is 5.75 Å². The van der Waals surface area contributed by atoms with Crippen LogP contribution in [0.4, 0.5) is 0 Å². The van der Waals surface area contributed by atoms with E-state index < -0.39 is 0 Å². The van der Waals surface area contributed by atoms with Gasteiger partial charge < -0.3 is 4.42 Å². The van der Waals surface area contributed by atoms with Crippen molar-refractivity contribution in [1.29, 1.82) is 0 Å². The van der Waals surface area contributed by atoms with Crippen LogP contribution in [0.5, 0.6) is 0 Å². The lowest BCUT2D eigenvalue weighted by Gasteiger charge is -1.92. The minimum atomic E-state index is 0.952. The first-order valence-electron chi connectivity index (χ1n) is 4.28. The number of benzene rings is 1. The molecule has 0 saturated heterocycles. The monoisotopic (exact) mass is 192 g/mol. The molecular formula is C11H12OS. The van der Waals surface area contributed by atoms with Gasteiger partial charge in [-0.05, 0) is 24.8 Å². The number of para-hydroxylation sites is 1. The molecule has 13 heavy (non-hydrogen) atoms. The molecule has 2 heteroatoms. The zero-order valence-electron chi connectivity index (χ0n) is 7.83. The fourth-order valence-electron chi connectivity index (χ4n) is 1.48. The Morgan fingerprint density at radius 2 is 2.23 bits per heavy atom. The molecule has 0 atom stereocenters. The summed E-state index contributed by atoms with van der Waals surface area (Å²) in [7, 11) is 0. The van der Waals surface area contributed by atoms with Crippen molar-refractivity contribution >= 4 is 22.7 Å². The summed E-state index contributed by atoms with van der Waals surface area (Å²) in [5.74, 6) is 2.02. The van der Waals surface area contributed by atoms with Crippen molar-refractivity contribution in [3.8, 4) is 0 Å². The maximum atomic E-state index is 5.72. The molecule has 0 radical (unpaired) electrons. The summed E-state index contributed by atoms with van der Waals surface area (Å²) < 4.78 is 5.72. The van der Waals surface area contributed by atoms with Crippen molar-refractivity contribution in [3.63, 3.8) is 0 Å². The molecule has 0 amide bonds. The molecule has 1 heterocycles. The van der Waals surface area contributed by atoms with Crippen molar-refractivity contribution in [2.75, 3.05) is 6.26 Å². The Kier molecular flexibility index (Phi) is 2.32. The van der Waals surface area contributed by atoms with Gasteiger partial charge in [0.15, 0.2) is 0 Å². The van der Waals surface area contributed by atoms with Gasteiger partial charge in [0.05, 0.1) is 5.75 Å². The van der Waals surface area contributed by atoms with E-state index in [0.717, 1.165) is 17.1 Å². The number of hydrogen-bond acceptors (Lipinski definition) is 2. The highest BCUT2D eigenvalue weighted by molar-refractivity contribution is 7.97. The van der Waals surface area contributed by atoms with Crippen molar-refractivity contribution < 1.29 is 4.42 Å².